The summed E-state index contributed by atoms with van der Waals surface area (Å²) in [6.07, 6.45) is 72.1. The second kappa shape index (κ2) is 57.7. The molecule has 0 aromatic heterocycles. The van der Waals surface area contributed by atoms with Gasteiger partial charge in [-0.2, -0.15) is 0 Å². The van der Waals surface area contributed by atoms with Crippen LogP contribution in [0.2, 0.25) is 0 Å². The number of ether oxygens (including phenoxy) is 3. The third-order valence-electron chi connectivity index (χ3n) is 13.0. The minimum atomic E-state index is -0.781. The normalized spacial score (nSPS) is 12.4. The molecule has 1 unspecified atom stereocenters. The summed E-state index contributed by atoms with van der Waals surface area (Å²) in [6, 6.07) is 0. The van der Waals surface area contributed by atoms with Gasteiger partial charge in [0.1, 0.15) is 13.2 Å². The number of hydrogen-bond donors (Lipinski definition) is 0. The summed E-state index contributed by atoms with van der Waals surface area (Å²) in [7, 11) is 0. The van der Waals surface area contributed by atoms with Crippen molar-refractivity contribution < 1.29 is 28.6 Å². The zero-order valence-electron chi connectivity index (χ0n) is 45.8. The fourth-order valence-electron chi connectivity index (χ4n) is 8.44. The van der Waals surface area contributed by atoms with Crippen LogP contribution >= 0.6 is 0 Å². The van der Waals surface area contributed by atoms with E-state index in [-0.39, 0.29) is 31.1 Å². The standard InChI is InChI=1S/C63H112O6/c1-4-7-10-13-16-19-22-25-27-29-31-33-35-38-41-44-47-50-53-56-62(65)68-59-60(58-67-61(64)55-52-49-46-43-40-37-24-21-18-15-12-9-6-3)69-63(66)57-54-51-48-45-42-39-36-34-32-30-28-26-23-20-17-14-11-8-5-2/h16-17,19-21,24-28,60H,4-15,18,22-23,29-59H2,1-3H3/b19-16-,20-17-,24-21-,27-25-,28-26-. The van der Waals surface area contributed by atoms with Gasteiger partial charge in [0.05, 0.1) is 0 Å². The molecule has 0 aliphatic heterocycles. The second-order valence-corrected chi connectivity index (χ2v) is 19.9. The van der Waals surface area contributed by atoms with Crippen LogP contribution in [0.5, 0.6) is 0 Å². The second-order valence-electron chi connectivity index (χ2n) is 19.9. The quantitative estimate of drug-likeness (QED) is 0.0262. The number of allylic oxidation sites excluding steroid dienone is 10. The van der Waals surface area contributed by atoms with Gasteiger partial charge < -0.3 is 14.2 Å². The van der Waals surface area contributed by atoms with Crippen molar-refractivity contribution in [3.05, 3.63) is 60.8 Å². The topological polar surface area (TPSA) is 78.9 Å². The van der Waals surface area contributed by atoms with Gasteiger partial charge in [-0.05, 0) is 109 Å². The SMILES string of the molecule is CCCCC/C=C\C/C=C\CCCCCCCCCCCC(=O)OCC(COC(=O)CCCCCCC/C=C\CCCCCC)OC(=O)CCCCCCCCCCC/C=C\C/C=C\CCCCC. The first-order valence-corrected chi connectivity index (χ1v) is 29.8. The lowest BCUT2D eigenvalue weighted by Crippen LogP contribution is -2.30. The molecule has 0 heterocycles. The summed E-state index contributed by atoms with van der Waals surface area (Å²) in [5.74, 6) is -0.884. The molecule has 69 heavy (non-hydrogen) atoms. The highest BCUT2D eigenvalue weighted by atomic mass is 16.6. The Labute approximate surface area is 428 Å². The van der Waals surface area contributed by atoms with Gasteiger partial charge in [0.2, 0.25) is 0 Å². The van der Waals surface area contributed by atoms with E-state index in [9.17, 15) is 14.4 Å². The summed E-state index contributed by atoms with van der Waals surface area (Å²) >= 11 is 0. The molecule has 0 saturated heterocycles. The van der Waals surface area contributed by atoms with Crippen LogP contribution in [0.25, 0.3) is 0 Å². The maximum atomic E-state index is 12.9. The lowest BCUT2D eigenvalue weighted by Gasteiger charge is -2.18. The first-order valence-electron chi connectivity index (χ1n) is 29.8. The van der Waals surface area contributed by atoms with Crippen LogP contribution in [0.4, 0.5) is 0 Å². The summed E-state index contributed by atoms with van der Waals surface area (Å²) in [6.45, 7) is 6.59. The van der Waals surface area contributed by atoms with Gasteiger partial charge in [-0.3, -0.25) is 14.4 Å². The van der Waals surface area contributed by atoms with Gasteiger partial charge in [-0.25, -0.2) is 0 Å². The smallest absolute Gasteiger partial charge is 0.306 e. The molecule has 1 atom stereocenters. The van der Waals surface area contributed by atoms with Gasteiger partial charge in [0.15, 0.2) is 6.10 Å². The van der Waals surface area contributed by atoms with Gasteiger partial charge >= 0.3 is 17.9 Å². The maximum Gasteiger partial charge on any atom is 0.306 e. The molecule has 0 aliphatic carbocycles. The zero-order valence-corrected chi connectivity index (χ0v) is 45.8. The van der Waals surface area contributed by atoms with Crippen LogP contribution in [-0.2, 0) is 28.6 Å². The summed E-state index contributed by atoms with van der Waals surface area (Å²) in [4.78, 5) is 38.2. The molecule has 0 N–H and O–H groups in total. The highest BCUT2D eigenvalue weighted by Crippen LogP contribution is 2.16. The van der Waals surface area contributed by atoms with Crippen molar-refractivity contribution in [2.45, 2.75) is 309 Å². The van der Waals surface area contributed by atoms with E-state index in [1.807, 2.05) is 0 Å². The molecule has 0 saturated carbocycles. The number of esters is 3. The third kappa shape index (κ3) is 55.9. The van der Waals surface area contributed by atoms with Crippen molar-refractivity contribution in [2.75, 3.05) is 13.2 Å². The molecular formula is C63H112O6. The minimum Gasteiger partial charge on any atom is -0.462 e. The van der Waals surface area contributed by atoms with Crippen molar-refractivity contribution >= 4 is 17.9 Å². The molecule has 0 amide bonds. The van der Waals surface area contributed by atoms with Crippen molar-refractivity contribution in [1.82, 2.24) is 0 Å². The van der Waals surface area contributed by atoms with Crippen molar-refractivity contribution in [2.24, 2.45) is 0 Å². The predicted molar refractivity (Wildman–Crippen MR) is 298 cm³/mol. The molecule has 0 aromatic carbocycles. The maximum absolute atomic E-state index is 12.9. The molecule has 0 fully saturated rings. The number of unbranched alkanes of at least 4 members (excludes halogenated alkanes) is 33. The molecule has 6 heteroatoms. The Bertz CT molecular complexity index is 1250. The molecule has 0 aliphatic rings. The van der Waals surface area contributed by atoms with Crippen LogP contribution in [0.3, 0.4) is 0 Å². The Morgan fingerprint density at radius 2 is 0.522 bits per heavy atom. The Morgan fingerprint density at radius 3 is 0.841 bits per heavy atom. The molecule has 0 bridgehead atoms. The number of carbonyl (C=O) groups excluding carboxylic acids is 3. The molecule has 0 radical (unpaired) electrons. The largest absolute Gasteiger partial charge is 0.462 e. The van der Waals surface area contributed by atoms with Gasteiger partial charge in [0.25, 0.3) is 0 Å². The molecule has 0 aromatic rings. The Kier molecular flexibility index (Phi) is 55.3. The van der Waals surface area contributed by atoms with Crippen LogP contribution in [0.15, 0.2) is 60.8 Å². The van der Waals surface area contributed by atoms with E-state index in [0.29, 0.717) is 19.3 Å². The zero-order chi connectivity index (χ0) is 50.0. The average Bonchev–Trinajstić information content (AvgIpc) is 3.35. The molecule has 400 valence electrons. The van der Waals surface area contributed by atoms with Crippen LogP contribution in [0, 0.1) is 0 Å². The lowest BCUT2D eigenvalue weighted by molar-refractivity contribution is -0.167. The average molecular weight is 966 g/mol. The molecule has 6 nitrogen and oxygen atoms in total. The molecular weight excluding hydrogens is 853 g/mol. The van der Waals surface area contributed by atoms with Gasteiger partial charge in [-0.15, -0.1) is 0 Å². The third-order valence-corrected chi connectivity index (χ3v) is 13.0. The van der Waals surface area contributed by atoms with Gasteiger partial charge in [-0.1, -0.05) is 236 Å². The number of rotatable bonds is 54. The van der Waals surface area contributed by atoms with Crippen molar-refractivity contribution in [1.29, 1.82) is 0 Å². The Balaban J connectivity index is 4.36. The lowest BCUT2D eigenvalue weighted by atomic mass is 10.1. The van der Waals surface area contributed by atoms with Crippen LogP contribution in [0.1, 0.15) is 303 Å². The van der Waals surface area contributed by atoms with E-state index in [0.717, 1.165) is 77.0 Å². The van der Waals surface area contributed by atoms with Crippen LogP contribution in [-0.4, -0.2) is 37.2 Å². The van der Waals surface area contributed by atoms with Gasteiger partial charge in [0, 0.05) is 19.3 Å². The van der Waals surface area contributed by atoms with E-state index in [4.69, 9.17) is 14.2 Å². The van der Waals surface area contributed by atoms with E-state index in [1.165, 1.54) is 186 Å². The molecule has 0 spiro atoms. The fraction of sp³-hybridized carbons (Fsp3) is 0.794. The number of carbonyl (C=O) groups is 3. The Hall–Kier alpha value is -2.89. The van der Waals surface area contributed by atoms with Crippen LogP contribution < -0.4 is 0 Å². The first kappa shape index (κ1) is 66.1. The van der Waals surface area contributed by atoms with E-state index < -0.39 is 6.10 Å². The fourth-order valence-corrected chi connectivity index (χ4v) is 8.44. The highest BCUT2D eigenvalue weighted by molar-refractivity contribution is 5.71. The minimum absolute atomic E-state index is 0.0795. The molecule has 0 rings (SSSR count). The van der Waals surface area contributed by atoms with E-state index in [2.05, 4.69) is 81.5 Å². The van der Waals surface area contributed by atoms with E-state index >= 15 is 0 Å². The highest BCUT2D eigenvalue weighted by Gasteiger charge is 2.19. The summed E-state index contributed by atoms with van der Waals surface area (Å²) in [5.41, 5.74) is 0. The van der Waals surface area contributed by atoms with Crippen molar-refractivity contribution in [3.8, 4) is 0 Å². The monoisotopic (exact) mass is 965 g/mol. The number of hydrogen-bond acceptors (Lipinski definition) is 6. The van der Waals surface area contributed by atoms with E-state index in [1.54, 1.807) is 0 Å². The Morgan fingerprint density at radius 1 is 0.290 bits per heavy atom. The predicted octanol–water partition coefficient (Wildman–Crippen LogP) is 20.0. The summed E-state index contributed by atoms with van der Waals surface area (Å²) < 4.78 is 16.9. The first-order chi connectivity index (χ1) is 34.0. The summed E-state index contributed by atoms with van der Waals surface area (Å²) in [5, 5.41) is 0. The van der Waals surface area contributed by atoms with Crippen molar-refractivity contribution in [3.63, 3.8) is 0 Å².